The molecule has 3 nitrogen and oxygen atoms in total. The zero-order valence-corrected chi connectivity index (χ0v) is 12.9. The van der Waals surface area contributed by atoms with Gasteiger partial charge in [0.1, 0.15) is 17.5 Å². The van der Waals surface area contributed by atoms with Crippen LogP contribution in [-0.2, 0) is 0 Å². The summed E-state index contributed by atoms with van der Waals surface area (Å²) < 4.78 is 38.7. The first-order valence-corrected chi connectivity index (χ1v) is 7.91. The maximum absolute atomic E-state index is 13.0. The Morgan fingerprint density at radius 1 is 0.957 bits per heavy atom. The first kappa shape index (κ1) is 17.2. The number of rotatable bonds is 6. The maximum Gasteiger partial charge on any atom is 0.319 e. The second-order valence-electron chi connectivity index (χ2n) is 4.69. The molecule has 2 N–H and O–H groups in total. The van der Waals surface area contributed by atoms with Crippen LogP contribution in [0.25, 0.3) is 0 Å². The largest absolute Gasteiger partial charge is 0.338 e. The van der Waals surface area contributed by atoms with E-state index in [0.717, 1.165) is 28.8 Å². The molecule has 2 aromatic carbocycles. The third-order valence-electron chi connectivity index (χ3n) is 2.81. The topological polar surface area (TPSA) is 41.1 Å². The summed E-state index contributed by atoms with van der Waals surface area (Å²) in [5.41, 5.74) is 0.0562. The number of urea groups is 1. The van der Waals surface area contributed by atoms with Crippen LogP contribution in [0.1, 0.15) is 6.42 Å². The van der Waals surface area contributed by atoms with E-state index in [1.54, 1.807) is 23.9 Å². The lowest BCUT2D eigenvalue weighted by Crippen LogP contribution is -2.29. The summed E-state index contributed by atoms with van der Waals surface area (Å²) in [5.74, 6) is -1.03. The summed E-state index contributed by atoms with van der Waals surface area (Å²) in [6, 6.07) is 8.45. The van der Waals surface area contributed by atoms with Crippen LogP contribution in [0.5, 0.6) is 0 Å². The maximum atomic E-state index is 13.0. The van der Waals surface area contributed by atoms with Gasteiger partial charge in [-0.15, -0.1) is 11.8 Å². The van der Waals surface area contributed by atoms with Gasteiger partial charge in [0.25, 0.3) is 0 Å². The minimum Gasteiger partial charge on any atom is -0.338 e. The molecule has 0 aromatic heterocycles. The van der Waals surface area contributed by atoms with E-state index in [4.69, 9.17) is 0 Å². The highest BCUT2D eigenvalue weighted by atomic mass is 32.2. The number of hydrogen-bond acceptors (Lipinski definition) is 2. The van der Waals surface area contributed by atoms with Crippen molar-refractivity contribution in [2.75, 3.05) is 17.6 Å². The van der Waals surface area contributed by atoms with Crippen molar-refractivity contribution in [3.05, 3.63) is 59.9 Å². The van der Waals surface area contributed by atoms with Gasteiger partial charge in [-0.3, -0.25) is 0 Å². The van der Waals surface area contributed by atoms with Gasteiger partial charge in [-0.05, 0) is 48.6 Å². The summed E-state index contributed by atoms with van der Waals surface area (Å²) in [5, 5.41) is 4.96. The van der Waals surface area contributed by atoms with Gasteiger partial charge in [0.05, 0.1) is 0 Å². The van der Waals surface area contributed by atoms with E-state index in [1.165, 1.54) is 12.1 Å². The summed E-state index contributed by atoms with van der Waals surface area (Å²) in [6.07, 6.45) is 0.701. The Hall–Kier alpha value is -2.15. The molecule has 0 bridgehead atoms. The molecule has 2 rings (SSSR count). The van der Waals surface area contributed by atoms with Crippen LogP contribution in [0.4, 0.5) is 23.7 Å². The molecule has 2 amide bonds. The Bertz CT molecular complexity index is 645. The van der Waals surface area contributed by atoms with Crippen molar-refractivity contribution in [3.63, 3.8) is 0 Å². The molecular weight excluding hydrogens is 325 g/mol. The second kappa shape index (κ2) is 8.47. The van der Waals surface area contributed by atoms with Crippen LogP contribution >= 0.6 is 11.8 Å². The molecule has 0 radical (unpaired) electrons. The zero-order valence-electron chi connectivity index (χ0n) is 12.1. The number of hydrogen-bond donors (Lipinski definition) is 2. The average Bonchev–Trinajstić information content (AvgIpc) is 2.47. The second-order valence-corrected chi connectivity index (χ2v) is 5.86. The van der Waals surface area contributed by atoms with Gasteiger partial charge in [-0.25, -0.2) is 18.0 Å². The van der Waals surface area contributed by atoms with Gasteiger partial charge < -0.3 is 10.6 Å². The minimum atomic E-state index is -0.754. The predicted octanol–water partition coefficient (Wildman–Crippen LogP) is 4.41. The number of nitrogens with one attached hydrogen (secondary N) is 2. The molecule has 0 aliphatic carbocycles. The number of halogens is 3. The van der Waals surface area contributed by atoms with Crippen LogP contribution < -0.4 is 10.6 Å². The van der Waals surface area contributed by atoms with Crippen molar-refractivity contribution >= 4 is 23.5 Å². The Labute approximate surface area is 136 Å². The van der Waals surface area contributed by atoms with Crippen LogP contribution in [0, 0.1) is 17.5 Å². The number of benzene rings is 2. The zero-order chi connectivity index (χ0) is 16.7. The summed E-state index contributed by atoms with van der Waals surface area (Å²) >= 11 is 1.55. The Morgan fingerprint density at radius 2 is 1.61 bits per heavy atom. The van der Waals surface area contributed by atoms with Gasteiger partial charge in [-0.2, -0.15) is 0 Å². The average molecular weight is 340 g/mol. The molecule has 23 heavy (non-hydrogen) atoms. The van der Waals surface area contributed by atoms with E-state index in [-0.39, 0.29) is 11.5 Å². The van der Waals surface area contributed by atoms with Crippen molar-refractivity contribution in [2.45, 2.75) is 11.3 Å². The number of carbonyl (C=O) groups excluding carboxylic acids is 1. The Kier molecular flexibility index (Phi) is 6.34. The first-order valence-electron chi connectivity index (χ1n) is 6.92. The normalized spacial score (nSPS) is 10.4. The van der Waals surface area contributed by atoms with E-state index in [2.05, 4.69) is 10.6 Å². The molecule has 0 heterocycles. The van der Waals surface area contributed by atoms with Crippen molar-refractivity contribution in [2.24, 2.45) is 0 Å². The van der Waals surface area contributed by atoms with E-state index in [9.17, 15) is 18.0 Å². The molecule has 122 valence electrons. The molecule has 0 saturated carbocycles. The van der Waals surface area contributed by atoms with Crippen LogP contribution in [0.3, 0.4) is 0 Å². The molecule has 2 aromatic rings. The lowest BCUT2D eigenvalue weighted by Gasteiger charge is -2.08. The molecule has 0 spiro atoms. The third-order valence-corrected chi connectivity index (χ3v) is 3.91. The predicted molar refractivity (Wildman–Crippen MR) is 85.1 cm³/mol. The smallest absolute Gasteiger partial charge is 0.319 e. The quantitative estimate of drug-likeness (QED) is 0.604. The number of carbonyl (C=O) groups is 1. The Balaban J connectivity index is 1.65. The summed E-state index contributed by atoms with van der Waals surface area (Å²) in [7, 11) is 0. The highest BCUT2D eigenvalue weighted by Crippen LogP contribution is 2.18. The molecule has 7 heteroatoms. The fourth-order valence-corrected chi connectivity index (χ4v) is 2.65. The van der Waals surface area contributed by atoms with Crippen LogP contribution in [0.2, 0.25) is 0 Å². The van der Waals surface area contributed by atoms with Crippen LogP contribution in [-0.4, -0.2) is 18.3 Å². The fourth-order valence-electron chi connectivity index (χ4n) is 1.80. The van der Waals surface area contributed by atoms with Gasteiger partial charge in [0.15, 0.2) is 0 Å². The monoisotopic (exact) mass is 340 g/mol. The summed E-state index contributed by atoms with van der Waals surface area (Å²) in [4.78, 5) is 12.5. The van der Waals surface area contributed by atoms with Crippen molar-refractivity contribution in [1.82, 2.24) is 5.32 Å². The molecule has 0 aliphatic heterocycles. The van der Waals surface area contributed by atoms with Gasteiger partial charge in [0.2, 0.25) is 0 Å². The minimum absolute atomic E-state index is 0.0562. The van der Waals surface area contributed by atoms with Gasteiger partial charge in [-0.1, -0.05) is 0 Å². The fraction of sp³-hybridized carbons (Fsp3) is 0.188. The number of thioether (sulfide) groups is 1. The number of anilines is 1. The molecule has 0 unspecified atom stereocenters. The van der Waals surface area contributed by atoms with E-state index < -0.39 is 17.7 Å². The molecule has 0 atom stereocenters. The lowest BCUT2D eigenvalue weighted by molar-refractivity contribution is 0.252. The molecule has 0 fully saturated rings. The standard InChI is InChI=1S/C16H15F3N2OS/c17-11-2-4-15(5-3-11)23-7-1-6-20-16(22)21-14-9-12(18)8-13(19)10-14/h2-5,8-10H,1,6-7H2,(H2,20,21,22). The number of amides is 2. The van der Waals surface area contributed by atoms with E-state index in [1.807, 2.05) is 0 Å². The van der Waals surface area contributed by atoms with E-state index >= 15 is 0 Å². The molecular formula is C16H15F3N2OS. The lowest BCUT2D eigenvalue weighted by atomic mass is 10.3. The SMILES string of the molecule is O=C(NCCCSc1ccc(F)cc1)Nc1cc(F)cc(F)c1. The van der Waals surface area contributed by atoms with Gasteiger partial charge in [0, 0.05) is 23.2 Å². The van der Waals surface area contributed by atoms with Crippen molar-refractivity contribution < 1.29 is 18.0 Å². The third kappa shape index (κ3) is 6.23. The Morgan fingerprint density at radius 3 is 2.26 bits per heavy atom. The molecule has 0 saturated heterocycles. The highest BCUT2D eigenvalue weighted by molar-refractivity contribution is 7.99. The van der Waals surface area contributed by atoms with Crippen molar-refractivity contribution in [3.8, 4) is 0 Å². The van der Waals surface area contributed by atoms with Crippen LogP contribution in [0.15, 0.2) is 47.4 Å². The van der Waals surface area contributed by atoms with E-state index in [0.29, 0.717) is 13.0 Å². The highest BCUT2D eigenvalue weighted by Gasteiger charge is 2.04. The van der Waals surface area contributed by atoms with Crippen molar-refractivity contribution in [1.29, 1.82) is 0 Å². The summed E-state index contributed by atoms with van der Waals surface area (Å²) in [6.45, 7) is 0.415. The molecule has 0 aliphatic rings. The van der Waals surface area contributed by atoms with Gasteiger partial charge >= 0.3 is 6.03 Å². The first-order chi connectivity index (χ1) is 11.0.